The second-order valence-electron chi connectivity index (χ2n) is 11.0. The number of hydrogen-bond acceptors (Lipinski definition) is 6. The van der Waals surface area contributed by atoms with Gasteiger partial charge >= 0.3 is 11.9 Å². The normalized spacial score (nSPS) is 43.9. The van der Waals surface area contributed by atoms with Crippen LogP contribution in [-0.2, 0) is 28.7 Å². The lowest BCUT2D eigenvalue weighted by Crippen LogP contribution is -2.60. The predicted octanol–water partition coefficient (Wildman–Crippen LogP) is 4.03. The molecular formula is C25H36O6. The van der Waals surface area contributed by atoms with Gasteiger partial charge in [-0.3, -0.25) is 19.2 Å². The first kappa shape index (κ1) is 22.5. The highest BCUT2D eigenvalue weighted by atomic mass is 16.6. The molecule has 0 spiro atoms. The van der Waals surface area contributed by atoms with Crippen molar-refractivity contribution in [3.63, 3.8) is 0 Å². The standard InChI is InChI=1S/C25H36O6/c1-15(26)30-14-22(29)25(31-16(2)27)12-9-21-19-6-5-17-13-18(28)7-10-23(17,3)20(19)8-11-24(21,25)4/h17,19-21H,5-14H2,1-4H3/t17-,19+,20-,21+,23-,24-,25-/m0/s1. The largest absolute Gasteiger partial charge is 0.458 e. The van der Waals surface area contributed by atoms with Gasteiger partial charge in [0.25, 0.3) is 0 Å². The molecule has 0 aromatic carbocycles. The van der Waals surface area contributed by atoms with Crippen molar-refractivity contribution in [2.24, 2.45) is 34.5 Å². The number of ether oxygens (including phenoxy) is 2. The first-order valence-electron chi connectivity index (χ1n) is 11.9. The molecule has 0 saturated heterocycles. The average Bonchev–Trinajstić information content (AvgIpc) is 2.99. The molecule has 0 aromatic rings. The van der Waals surface area contributed by atoms with Gasteiger partial charge in [0.2, 0.25) is 5.78 Å². The Balaban J connectivity index is 1.64. The molecule has 172 valence electrons. The van der Waals surface area contributed by atoms with Gasteiger partial charge in [-0.2, -0.15) is 0 Å². The third-order valence-electron chi connectivity index (χ3n) is 9.78. The Morgan fingerprint density at radius 2 is 1.65 bits per heavy atom. The predicted molar refractivity (Wildman–Crippen MR) is 113 cm³/mol. The highest BCUT2D eigenvalue weighted by Crippen LogP contribution is 2.68. The van der Waals surface area contributed by atoms with Crippen LogP contribution in [0.5, 0.6) is 0 Å². The van der Waals surface area contributed by atoms with Gasteiger partial charge in [0.05, 0.1) is 0 Å². The Morgan fingerprint density at radius 3 is 2.32 bits per heavy atom. The molecule has 0 amide bonds. The van der Waals surface area contributed by atoms with Crippen molar-refractivity contribution >= 4 is 23.5 Å². The minimum atomic E-state index is -1.22. The summed E-state index contributed by atoms with van der Waals surface area (Å²) in [7, 11) is 0. The van der Waals surface area contributed by atoms with E-state index in [-0.39, 0.29) is 17.8 Å². The van der Waals surface area contributed by atoms with Crippen LogP contribution < -0.4 is 0 Å². The number of carbonyl (C=O) groups is 4. The smallest absolute Gasteiger partial charge is 0.303 e. The zero-order valence-electron chi connectivity index (χ0n) is 19.3. The van der Waals surface area contributed by atoms with Crippen molar-refractivity contribution in [1.29, 1.82) is 0 Å². The molecule has 31 heavy (non-hydrogen) atoms. The Morgan fingerprint density at radius 1 is 0.935 bits per heavy atom. The van der Waals surface area contributed by atoms with Gasteiger partial charge in [-0.05, 0) is 74.0 Å². The summed E-state index contributed by atoms with van der Waals surface area (Å²) in [6.45, 7) is 6.80. The number of carbonyl (C=O) groups excluding carboxylic acids is 4. The van der Waals surface area contributed by atoms with Crippen LogP contribution in [-0.4, -0.2) is 35.7 Å². The van der Waals surface area contributed by atoms with E-state index >= 15 is 0 Å². The number of hydrogen-bond donors (Lipinski definition) is 0. The molecule has 0 radical (unpaired) electrons. The molecule has 7 atom stereocenters. The monoisotopic (exact) mass is 432 g/mol. The Labute approximate surface area is 184 Å². The van der Waals surface area contributed by atoms with Crippen LogP contribution >= 0.6 is 0 Å². The summed E-state index contributed by atoms with van der Waals surface area (Å²) in [6.07, 6.45) is 7.67. The van der Waals surface area contributed by atoms with Crippen molar-refractivity contribution in [3.8, 4) is 0 Å². The summed E-state index contributed by atoms with van der Waals surface area (Å²) >= 11 is 0. The van der Waals surface area contributed by atoms with Gasteiger partial charge in [-0.1, -0.05) is 13.8 Å². The van der Waals surface area contributed by atoms with Crippen LogP contribution in [0, 0.1) is 34.5 Å². The van der Waals surface area contributed by atoms with Crippen LogP contribution in [0.4, 0.5) is 0 Å². The summed E-state index contributed by atoms with van der Waals surface area (Å²) in [5.41, 5.74) is -1.48. The molecule has 0 aliphatic heterocycles. The highest BCUT2D eigenvalue weighted by Gasteiger charge is 2.69. The molecule has 0 aromatic heterocycles. The maximum atomic E-state index is 13.4. The fourth-order valence-corrected chi connectivity index (χ4v) is 8.26. The highest BCUT2D eigenvalue weighted by molar-refractivity contribution is 5.93. The minimum absolute atomic E-state index is 0.187. The van der Waals surface area contributed by atoms with Crippen molar-refractivity contribution in [3.05, 3.63) is 0 Å². The third-order valence-corrected chi connectivity index (χ3v) is 9.78. The number of esters is 2. The van der Waals surface area contributed by atoms with E-state index in [1.165, 1.54) is 13.8 Å². The zero-order valence-corrected chi connectivity index (χ0v) is 19.3. The molecule has 4 aliphatic carbocycles. The lowest BCUT2D eigenvalue weighted by atomic mass is 9.44. The van der Waals surface area contributed by atoms with Crippen molar-refractivity contribution in [2.75, 3.05) is 6.61 Å². The first-order chi connectivity index (χ1) is 14.5. The fraction of sp³-hybridized carbons (Fsp3) is 0.840. The summed E-state index contributed by atoms with van der Waals surface area (Å²) in [4.78, 5) is 48.9. The molecule has 0 unspecified atom stereocenters. The van der Waals surface area contributed by atoms with Crippen LogP contribution in [0.15, 0.2) is 0 Å². The SMILES string of the molecule is CC(=O)OCC(=O)[C@@]1(OC(C)=O)CC[C@@H]2[C@@H]3CC[C@H]4CC(=O)CC[C@]4(C)[C@H]3CC[C@@]21C. The lowest BCUT2D eigenvalue weighted by Gasteiger charge is -2.61. The fourth-order valence-electron chi connectivity index (χ4n) is 8.26. The Hall–Kier alpha value is -1.72. The van der Waals surface area contributed by atoms with E-state index in [2.05, 4.69) is 13.8 Å². The number of rotatable bonds is 4. The minimum Gasteiger partial charge on any atom is -0.458 e. The first-order valence-corrected chi connectivity index (χ1v) is 11.9. The molecule has 4 saturated carbocycles. The molecule has 4 aliphatic rings. The van der Waals surface area contributed by atoms with Crippen LogP contribution in [0.2, 0.25) is 0 Å². The topological polar surface area (TPSA) is 86.7 Å². The average molecular weight is 433 g/mol. The second-order valence-corrected chi connectivity index (χ2v) is 11.0. The van der Waals surface area contributed by atoms with Crippen molar-refractivity contribution in [2.45, 2.75) is 91.1 Å². The maximum absolute atomic E-state index is 13.4. The quantitative estimate of drug-likeness (QED) is 0.623. The van der Waals surface area contributed by atoms with E-state index in [9.17, 15) is 19.2 Å². The van der Waals surface area contributed by atoms with Gasteiger partial charge in [-0.25, -0.2) is 0 Å². The summed E-state index contributed by atoms with van der Waals surface area (Å²) in [5, 5.41) is 0. The van der Waals surface area contributed by atoms with E-state index < -0.39 is 23.0 Å². The molecule has 0 bridgehead atoms. The van der Waals surface area contributed by atoms with Gasteiger partial charge in [0, 0.05) is 32.1 Å². The van der Waals surface area contributed by atoms with Gasteiger partial charge in [-0.15, -0.1) is 0 Å². The van der Waals surface area contributed by atoms with Gasteiger partial charge in [0.1, 0.15) is 5.78 Å². The molecule has 6 heteroatoms. The van der Waals surface area contributed by atoms with E-state index in [1.54, 1.807) is 0 Å². The summed E-state index contributed by atoms with van der Waals surface area (Å²) in [6, 6.07) is 0. The molecule has 4 rings (SSSR count). The van der Waals surface area contributed by atoms with Crippen LogP contribution in [0.25, 0.3) is 0 Å². The Bertz CT molecular complexity index is 804. The second kappa shape index (κ2) is 7.70. The molecular weight excluding hydrogens is 396 g/mol. The van der Waals surface area contributed by atoms with Crippen molar-refractivity contribution < 1.29 is 28.7 Å². The molecule has 6 nitrogen and oxygen atoms in total. The van der Waals surface area contributed by atoms with Gasteiger partial charge < -0.3 is 9.47 Å². The van der Waals surface area contributed by atoms with Crippen LogP contribution in [0.1, 0.15) is 85.5 Å². The molecule has 0 N–H and O–H groups in total. The van der Waals surface area contributed by atoms with Crippen LogP contribution in [0.3, 0.4) is 0 Å². The number of Topliss-reactive ketones (excluding diaryl/α,β-unsaturated/α-hetero) is 2. The van der Waals surface area contributed by atoms with E-state index in [0.717, 1.165) is 44.9 Å². The molecule has 4 fully saturated rings. The van der Waals surface area contributed by atoms with E-state index in [0.29, 0.717) is 42.3 Å². The van der Waals surface area contributed by atoms with E-state index in [1.807, 2.05) is 0 Å². The Kier molecular flexibility index (Phi) is 5.58. The number of fused-ring (bicyclic) bond motifs is 5. The van der Waals surface area contributed by atoms with Gasteiger partial charge in [0.15, 0.2) is 12.2 Å². The summed E-state index contributed by atoms with van der Waals surface area (Å²) < 4.78 is 10.9. The van der Waals surface area contributed by atoms with Crippen molar-refractivity contribution in [1.82, 2.24) is 0 Å². The number of ketones is 2. The zero-order chi connectivity index (χ0) is 22.6. The maximum Gasteiger partial charge on any atom is 0.303 e. The molecule has 0 heterocycles. The van der Waals surface area contributed by atoms with E-state index in [4.69, 9.17) is 9.47 Å². The third kappa shape index (κ3) is 3.36. The summed E-state index contributed by atoms with van der Waals surface area (Å²) in [5.74, 6) is 0.958. The lowest BCUT2D eigenvalue weighted by molar-refractivity contribution is -0.194.